The molecule has 0 N–H and O–H groups in total. The highest BCUT2D eigenvalue weighted by atomic mass is 32.2. The van der Waals surface area contributed by atoms with Gasteiger partial charge in [0.1, 0.15) is 11.6 Å². The van der Waals surface area contributed by atoms with Crippen molar-refractivity contribution in [3.8, 4) is 0 Å². The lowest BCUT2D eigenvalue weighted by Crippen LogP contribution is -2.35. The Morgan fingerprint density at radius 2 is 1.67 bits per heavy atom. The predicted molar refractivity (Wildman–Crippen MR) is 111 cm³/mol. The predicted octanol–water partition coefficient (Wildman–Crippen LogP) is 2.46. The Balaban J connectivity index is 1.56. The Labute approximate surface area is 175 Å². The first-order valence-electron chi connectivity index (χ1n) is 9.90. The number of hydrogen-bond donors (Lipinski definition) is 0. The molecular weight excluding hydrogens is 407 g/mol. The van der Waals surface area contributed by atoms with Crippen LogP contribution in [0, 0.1) is 5.82 Å². The number of aromatic nitrogens is 4. The molecule has 3 heterocycles. The van der Waals surface area contributed by atoms with Crippen molar-refractivity contribution in [2.24, 2.45) is 0 Å². The van der Waals surface area contributed by atoms with Crippen molar-refractivity contribution in [1.82, 2.24) is 24.1 Å². The Bertz CT molecular complexity index is 1150. The molecule has 0 bridgehead atoms. The molecule has 1 fully saturated rings. The van der Waals surface area contributed by atoms with Gasteiger partial charge in [-0.1, -0.05) is 20.8 Å². The third-order valence-electron chi connectivity index (χ3n) is 5.15. The SMILES string of the molecule is CC(C)(C)c1nnc2ccc(N3CCCN(S(=O)(=O)c4ccc(F)cc4)CC3)nn12. The lowest BCUT2D eigenvalue weighted by molar-refractivity contribution is 0.433. The van der Waals surface area contributed by atoms with Gasteiger partial charge < -0.3 is 4.90 Å². The molecule has 0 saturated carbocycles. The van der Waals surface area contributed by atoms with Crippen LogP contribution in [0.4, 0.5) is 10.2 Å². The Hall–Kier alpha value is -2.59. The number of nitrogens with zero attached hydrogens (tertiary/aromatic N) is 6. The molecule has 8 nitrogen and oxygen atoms in total. The van der Waals surface area contributed by atoms with Crippen molar-refractivity contribution >= 4 is 21.5 Å². The average molecular weight is 433 g/mol. The van der Waals surface area contributed by atoms with Gasteiger partial charge in [-0.2, -0.15) is 8.82 Å². The number of rotatable bonds is 3. The molecule has 4 rings (SSSR count). The highest BCUT2D eigenvalue weighted by Crippen LogP contribution is 2.23. The van der Waals surface area contributed by atoms with E-state index in [2.05, 4.69) is 35.9 Å². The summed E-state index contributed by atoms with van der Waals surface area (Å²) in [5.41, 5.74) is 0.475. The molecule has 2 aromatic heterocycles. The fourth-order valence-corrected chi connectivity index (χ4v) is 5.00. The van der Waals surface area contributed by atoms with Crippen molar-refractivity contribution < 1.29 is 12.8 Å². The molecule has 30 heavy (non-hydrogen) atoms. The van der Waals surface area contributed by atoms with Crippen molar-refractivity contribution in [2.75, 3.05) is 31.1 Å². The molecule has 0 amide bonds. The summed E-state index contributed by atoms with van der Waals surface area (Å²) in [6.07, 6.45) is 0.661. The van der Waals surface area contributed by atoms with Crippen molar-refractivity contribution in [1.29, 1.82) is 0 Å². The first-order chi connectivity index (χ1) is 14.2. The van der Waals surface area contributed by atoms with Gasteiger partial charge in [0.05, 0.1) is 4.90 Å². The van der Waals surface area contributed by atoms with Crippen LogP contribution in [0.5, 0.6) is 0 Å². The Morgan fingerprint density at radius 3 is 2.37 bits per heavy atom. The van der Waals surface area contributed by atoms with E-state index in [9.17, 15) is 12.8 Å². The minimum Gasteiger partial charge on any atom is -0.354 e. The first-order valence-corrected chi connectivity index (χ1v) is 11.3. The first kappa shape index (κ1) is 20.7. The maximum Gasteiger partial charge on any atom is 0.243 e. The van der Waals surface area contributed by atoms with E-state index < -0.39 is 15.8 Å². The summed E-state index contributed by atoms with van der Waals surface area (Å²) in [7, 11) is -3.67. The van der Waals surface area contributed by atoms with Gasteiger partial charge in [0, 0.05) is 31.6 Å². The molecule has 1 aromatic carbocycles. The van der Waals surface area contributed by atoms with Gasteiger partial charge >= 0.3 is 0 Å². The number of benzene rings is 1. The molecule has 10 heteroatoms. The molecule has 0 radical (unpaired) electrons. The van der Waals surface area contributed by atoms with E-state index in [4.69, 9.17) is 5.10 Å². The van der Waals surface area contributed by atoms with Gasteiger partial charge in [0.2, 0.25) is 10.0 Å². The van der Waals surface area contributed by atoms with E-state index in [0.717, 1.165) is 11.6 Å². The number of fused-ring (bicyclic) bond motifs is 1. The molecule has 0 aliphatic carbocycles. The van der Waals surface area contributed by atoms with Crippen LogP contribution in [0.2, 0.25) is 0 Å². The second-order valence-electron chi connectivity index (χ2n) is 8.43. The monoisotopic (exact) mass is 432 g/mol. The van der Waals surface area contributed by atoms with Gasteiger partial charge in [-0.05, 0) is 42.8 Å². The van der Waals surface area contributed by atoms with E-state index in [1.807, 2.05) is 12.1 Å². The quantitative estimate of drug-likeness (QED) is 0.632. The van der Waals surface area contributed by atoms with E-state index >= 15 is 0 Å². The molecule has 0 unspecified atom stereocenters. The minimum atomic E-state index is -3.67. The highest BCUT2D eigenvalue weighted by molar-refractivity contribution is 7.89. The lowest BCUT2D eigenvalue weighted by Gasteiger charge is -2.23. The molecular formula is C20H25FN6O2S. The largest absolute Gasteiger partial charge is 0.354 e. The zero-order valence-electron chi connectivity index (χ0n) is 17.3. The van der Waals surface area contributed by atoms with Gasteiger partial charge in [-0.3, -0.25) is 0 Å². The Morgan fingerprint density at radius 1 is 0.933 bits per heavy atom. The summed E-state index contributed by atoms with van der Waals surface area (Å²) in [5.74, 6) is 1.07. The van der Waals surface area contributed by atoms with Crippen LogP contribution in [-0.2, 0) is 15.4 Å². The zero-order chi connectivity index (χ0) is 21.5. The summed E-state index contributed by atoms with van der Waals surface area (Å²) in [5, 5.41) is 13.2. The molecule has 1 aliphatic heterocycles. The van der Waals surface area contributed by atoms with Gasteiger partial charge in [-0.15, -0.1) is 15.3 Å². The second-order valence-corrected chi connectivity index (χ2v) is 10.4. The second kappa shape index (κ2) is 7.59. The smallest absolute Gasteiger partial charge is 0.243 e. The van der Waals surface area contributed by atoms with Gasteiger partial charge in [0.25, 0.3) is 0 Å². The van der Waals surface area contributed by atoms with Gasteiger partial charge in [-0.25, -0.2) is 12.8 Å². The highest BCUT2D eigenvalue weighted by Gasteiger charge is 2.28. The summed E-state index contributed by atoms with van der Waals surface area (Å²) in [6, 6.07) is 8.72. The van der Waals surface area contributed by atoms with E-state index in [1.54, 1.807) is 4.52 Å². The average Bonchev–Trinajstić information content (AvgIpc) is 2.96. The third kappa shape index (κ3) is 3.89. The lowest BCUT2D eigenvalue weighted by atomic mass is 9.96. The summed E-state index contributed by atoms with van der Waals surface area (Å²) >= 11 is 0. The maximum absolute atomic E-state index is 13.2. The molecule has 0 atom stereocenters. The topological polar surface area (TPSA) is 83.7 Å². The number of halogens is 1. The van der Waals surface area contributed by atoms with Crippen LogP contribution >= 0.6 is 0 Å². The minimum absolute atomic E-state index is 0.108. The van der Waals surface area contributed by atoms with Crippen molar-refractivity contribution in [3.63, 3.8) is 0 Å². The third-order valence-corrected chi connectivity index (χ3v) is 7.06. The fourth-order valence-electron chi connectivity index (χ4n) is 3.53. The van der Waals surface area contributed by atoms with Crippen LogP contribution in [-0.4, -0.2) is 58.7 Å². The molecule has 160 valence electrons. The van der Waals surface area contributed by atoms with Crippen LogP contribution in [0.25, 0.3) is 5.65 Å². The van der Waals surface area contributed by atoms with E-state index in [0.29, 0.717) is 38.2 Å². The van der Waals surface area contributed by atoms with Crippen LogP contribution in [0.1, 0.15) is 33.0 Å². The molecule has 1 saturated heterocycles. The zero-order valence-corrected chi connectivity index (χ0v) is 18.1. The molecule has 1 aliphatic rings. The molecule has 0 spiro atoms. The van der Waals surface area contributed by atoms with Crippen molar-refractivity contribution in [3.05, 3.63) is 48.0 Å². The van der Waals surface area contributed by atoms with Crippen LogP contribution < -0.4 is 4.90 Å². The standard InChI is InChI=1S/C20H25FN6O2S/c1-20(2,3)19-23-22-17-9-10-18(24-27(17)19)25-11-4-12-26(14-13-25)30(28,29)16-7-5-15(21)6-8-16/h5-10H,4,11-14H2,1-3H3. The number of anilines is 1. The fraction of sp³-hybridized carbons (Fsp3) is 0.450. The maximum atomic E-state index is 13.2. The number of sulfonamides is 1. The normalized spacial score (nSPS) is 16.7. The van der Waals surface area contributed by atoms with E-state index in [1.165, 1.54) is 28.6 Å². The summed E-state index contributed by atoms with van der Waals surface area (Å²) in [6.45, 7) is 8.09. The molecule has 3 aromatic rings. The summed E-state index contributed by atoms with van der Waals surface area (Å²) in [4.78, 5) is 2.18. The Kier molecular flexibility index (Phi) is 5.23. The number of hydrogen-bond acceptors (Lipinski definition) is 6. The van der Waals surface area contributed by atoms with E-state index in [-0.39, 0.29) is 10.3 Å². The summed E-state index contributed by atoms with van der Waals surface area (Å²) < 4.78 is 42.3. The van der Waals surface area contributed by atoms with Crippen molar-refractivity contribution in [2.45, 2.75) is 37.5 Å². The van der Waals surface area contributed by atoms with Crippen LogP contribution in [0.15, 0.2) is 41.3 Å². The van der Waals surface area contributed by atoms with Crippen LogP contribution in [0.3, 0.4) is 0 Å². The van der Waals surface area contributed by atoms with Gasteiger partial charge in [0.15, 0.2) is 11.5 Å².